The lowest BCUT2D eigenvalue weighted by molar-refractivity contribution is -0.137. The van der Waals surface area contributed by atoms with Crippen LogP contribution < -0.4 is 10.6 Å². The molecule has 0 unspecified atom stereocenters. The van der Waals surface area contributed by atoms with Gasteiger partial charge in [-0.05, 0) is 24.6 Å². The Bertz CT molecular complexity index is 639. The average molecular weight is 342 g/mol. The second-order valence-corrected chi connectivity index (χ2v) is 5.04. The second kappa shape index (κ2) is 8.93. The lowest BCUT2D eigenvalue weighted by atomic mass is 10.2. The van der Waals surface area contributed by atoms with Crippen molar-refractivity contribution in [1.29, 1.82) is 5.26 Å². The predicted octanol–water partition coefficient (Wildman–Crippen LogP) is 2.79. The van der Waals surface area contributed by atoms with Crippen LogP contribution in [0.2, 0.25) is 10.0 Å². The highest BCUT2D eigenvalue weighted by atomic mass is 35.5. The van der Waals surface area contributed by atoms with Crippen LogP contribution in [0.15, 0.2) is 30.0 Å². The molecule has 0 aliphatic carbocycles. The summed E-state index contributed by atoms with van der Waals surface area (Å²) in [6, 6.07) is 6.31. The number of hydrogen-bond donors (Lipinski definition) is 3. The van der Waals surface area contributed by atoms with Gasteiger partial charge in [0.2, 0.25) is 0 Å². The zero-order valence-corrected chi connectivity index (χ0v) is 12.9. The highest BCUT2D eigenvalue weighted by Crippen LogP contribution is 2.25. The normalized spacial score (nSPS) is 10.7. The average Bonchev–Trinajstić information content (AvgIpc) is 2.45. The molecule has 1 rings (SSSR count). The number of nitrogens with one attached hydrogen (secondary N) is 2. The maximum absolute atomic E-state index is 11.9. The number of carbonyl (C=O) groups excluding carboxylic acids is 1. The first-order valence-corrected chi connectivity index (χ1v) is 7.01. The molecule has 0 atom stereocenters. The first-order chi connectivity index (χ1) is 10.4. The van der Waals surface area contributed by atoms with Crippen LogP contribution in [0.3, 0.4) is 0 Å². The van der Waals surface area contributed by atoms with Crippen molar-refractivity contribution in [3.05, 3.63) is 40.0 Å². The number of carbonyl (C=O) groups is 2. The number of amides is 1. The molecule has 22 heavy (non-hydrogen) atoms. The molecule has 0 saturated carbocycles. The third-order valence-electron chi connectivity index (χ3n) is 2.50. The van der Waals surface area contributed by atoms with Gasteiger partial charge in [0.15, 0.2) is 0 Å². The lowest BCUT2D eigenvalue weighted by Crippen LogP contribution is -2.17. The van der Waals surface area contributed by atoms with Crippen molar-refractivity contribution in [2.45, 2.75) is 12.8 Å². The monoisotopic (exact) mass is 341 g/mol. The molecule has 0 aromatic heterocycles. The van der Waals surface area contributed by atoms with Gasteiger partial charge in [0, 0.05) is 24.2 Å². The van der Waals surface area contributed by atoms with Gasteiger partial charge in [-0.25, -0.2) is 0 Å². The molecule has 1 aromatic rings. The molecule has 0 aliphatic rings. The molecule has 1 aromatic carbocycles. The van der Waals surface area contributed by atoms with E-state index in [1.54, 1.807) is 12.1 Å². The van der Waals surface area contributed by atoms with Crippen molar-refractivity contribution in [3.8, 4) is 6.07 Å². The fraction of sp³-hybridized carbons (Fsp3) is 0.214. The van der Waals surface area contributed by atoms with Crippen molar-refractivity contribution in [1.82, 2.24) is 5.32 Å². The van der Waals surface area contributed by atoms with E-state index in [1.165, 1.54) is 18.3 Å². The molecule has 0 radical (unpaired) electrons. The maximum Gasteiger partial charge on any atom is 0.303 e. The Kier molecular flexibility index (Phi) is 7.23. The number of aliphatic carboxylic acids is 1. The van der Waals surface area contributed by atoms with Gasteiger partial charge < -0.3 is 15.7 Å². The van der Waals surface area contributed by atoms with Crippen molar-refractivity contribution in [2.24, 2.45) is 0 Å². The summed E-state index contributed by atoms with van der Waals surface area (Å²) in [6.07, 6.45) is 1.63. The summed E-state index contributed by atoms with van der Waals surface area (Å²) in [5.41, 5.74) is 0.185. The Morgan fingerprint density at radius 3 is 2.68 bits per heavy atom. The third kappa shape index (κ3) is 6.04. The Balaban J connectivity index is 2.60. The van der Waals surface area contributed by atoms with Gasteiger partial charge >= 0.3 is 5.97 Å². The molecular formula is C14H13Cl2N3O3. The summed E-state index contributed by atoms with van der Waals surface area (Å²) in [7, 11) is 0. The summed E-state index contributed by atoms with van der Waals surface area (Å²) in [5, 5.41) is 23.3. The summed E-state index contributed by atoms with van der Waals surface area (Å²) in [6.45, 7) is 0.340. The van der Waals surface area contributed by atoms with E-state index in [0.717, 1.165) is 0 Å². The van der Waals surface area contributed by atoms with Crippen LogP contribution in [-0.2, 0) is 9.59 Å². The minimum absolute atomic E-state index is 0.00923. The van der Waals surface area contributed by atoms with Crippen molar-refractivity contribution in [3.63, 3.8) is 0 Å². The summed E-state index contributed by atoms with van der Waals surface area (Å²) in [5.74, 6) is -1.53. The van der Waals surface area contributed by atoms with Crippen LogP contribution in [0.1, 0.15) is 12.8 Å². The van der Waals surface area contributed by atoms with Crippen LogP contribution in [0.5, 0.6) is 0 Å². The molecule has 0 aliphatic heterocycles. The number of carboxylic acid groups (broad SMARTS) is 1. The van der Waals surface area contributed by atoms with E-state index in [2.05, 4.69) is 10.6 Å². The van der Waals surface area contributed by atoms with E-state index >= 15 is 0 Å². The standard InChI is InChI=1S/C14H13Cl2N3O3/c15-10-3-4-12(11(16)6-10)19-14(22)9(7-17)8-18-5-1-2-13(20)21/h3-4,6,8,18H,1-2,5H2,(H,19,22)(H,20,21)/b9-8-. The quantitative estimate of drug-likeness (QED) is 0.402. The van der Waals surface area contributed by atoms with Crippen LogP contribution in [0.4, 0.5) is 5.69 Å². The minimum Gasteiger partial charge on any atom is -0.481 e. The Labute approximate surface area is 137 Å². The zero-order valence-electron chi connectivity index (χ0n) is 11.4. The SMILES string of the molecule is N#C/C(=C/NCCCC(=O)O)C(=O)Nc1ccc(Cl)cc1Cl. The number of nitrogens with zero attached hydrogens (tertiary/aromatic N) is 1. The number of rotatable bonds is 7. The molecule has 0 heterocycles. The van der Waals surface area contributed by atoms with E-state index in [4.69, 9.17) is 33.6 Å². The van der Waals surface area contributed by atoms with Crippen LogP contribution in [0.25, 0.3) is 0 Å². The van der Waals surface area contributed by atoms with Crippen LogP contribution >= 0.6 is 23.2 Å². The number of halogens is 2. The van der Waals surface area contributed by atoms with Gasteiger partial charge in [-0.3, -0.25) is 9.59 Å². The molecule has 0 bridgehead atoms. The van der Waals surface area contributed by atoms with Crippen molar-refractivity contribution >= 4 is 40.8 Å². The summed E-state index contributed by atoms with van der Waals surface area (Å²) >= 11 is 11.7. The Morgan fingerprint density at radius 1 is 1.36 bits per heavy atom. The maximum atomic E-state index is 11.9. The molecule has 0 fully saturated rings. The topological polar surface area (TPSA) is 102 Å². The Hall–Kier alpha value is -2.23. The van der Waals surface area contributed by atoms with Gasteiger partial charge in [-0.15, -0.1) is 0 Å². The van der Waals surface area contributed by atoms with Crippen LogP contribution in [0, 0.1) is 11.3 Å². The largest absolute Gasteiger partial charge is 0.481 e. The fourth-order valence-corrected chi connectivity index (χ4v) is 1.90. The number of nitriles is 1. The number of carboxylic acids is 1. The molecule has 6 nitrogen and oxygen atoms in total. The zero-order chi connectivity index (χ0) is 16.5. The van der Waals surface area contributed by atoms with Gasteiger partial charge in [-0.1, -0.05) is 23.2 Å². The van der Waals surface area contributed by atoms with Crippen molar-refractivity contribution < 1.29 is 14.7 Å². The highest BCUT2D eigenvalue weighted by Gasteiger charge is 2.11. The molecule has 8 heteroatoms. The van der Waals surface area contributed by atoms with Gasteiger partial charge in [0.25, 0.3) is 5.91 Å². The fourth-order valence-electron chi connectivity index (χ4n) is 1.44. The smallest absolute Gasteiger partial charge is 0.303 e. The van der Waals surface area contributed by atoms with Gasteiger partial charge in [-0.2, -0.15) is 5.26 Å². The first-order valence-electron chi connectivity index (χ1n) is 6.26. The van der Waals surface area contributed by atoms with E-state index in [9.17, 15) is 9.59 Å². The minimum atomic E-state index is -0.901. The number of anilines is 1. The summed E-state index contributed by atoms with van der Waals surface area (Å²) < 4.78 is 0. The van der Waals surface area contributed by atoms with Crippen molar-refractivity contribution in [2.75, 3.05) is 11.9 Å². The first kappa shape index (κ1) is 17.8. The lowest BCUT2D eigenvalue weighted by Gasteiger charge is -2.07. The number of hydrogen-bond acceptors (Lipinski definition) is 4. The molecule has 0 saturated heterocycles. The molecular weight excluding hydrogens is 329 g/mol. The van der Waals surface area contributed by atoms with Gasteiger partial charge in [0.05, 0.1) is 10.7 Å². The number of benzene rings is 1. The second-order valence-electron chi connectivity index (χ2n) is 4.20. The molecule has 3 N–H and O–H groups in total. The van der Waals surface area contributed by atoms with Crippen LogP contribution in [-0.4, -0.2) is 23.5 Å². The molecule has 1 amide bonds. The molecule has 0 spiro atoms. The predicted molar refractivity (Wildman–Crippen MR) is 83.7 cm³/mol. The van der Waals surface area contributed by atoms with E-state index in [-0.39, 0.29) is 17.0 Å². The molecule has 116 valence electrons. The Morgan fingerprint density at radius 2 is 2.09 bits per heavy atom. The van der Waals surface area contributed by atoms with Gasteiger partial charge in [0.1, 0.15) is 11.6 Å². The third-order valence-corrected chi connectivity index (χ3v) is 3.05. The van der Waals surface area contributed by atoms with E-state index < -0.39 is 11.9 Å². The summed E-state index contributed by atoms with van der Waals surface area (Å²) in [4.78, 5) is 22.3. The van der Waals surface area contributed by atoms with E-state index in [1.807, 2.05) is 0 Å². The highest BCUT2D eigenvalue weighted by molar-refractivity contribution is 6.36. The van der Waals surface area contributed by atoms with E-state index in [0.29, 0.717) is 23.7 Å².